The zero-order valence-corrected chi connectivity index (χ0v) is 15.3. The maximum absolute atomic E-state index is 12.2. The number of imide groups is 1. The Morgan fingerprint density at radius 3 is 2.43 bits per heavy atom. The third kappa shape index (κ3) is 4.29. The highest BCUT2D eigenvalue weighted by atomic mass is 16.5. The molecule has 0 aliphatic heterocycles. The van der Waals surface area contributed by atoms with E-state index >= 15 is 0 Å². The van der Waals surface area contributed by atoms with Crippen LogP contribution in [0.15, 0.2) is 52.9 Å². The molecule has 0 saturated heterocycles. The Bertz CT molecular complexity index is 1020. The number of nitrogens with one attached hydrogen (secondary N) is 2. The molecule has 2 aromatic carbocycles. The number of amides is 3. The van der Waals surface area contributed by atoms with Crippen LogP contribution in [0.5, 0.6) is 5.75 Å². The Kier molecular flexibility index (Phi) is 5.59. The Labute approximate surface area is 160 Å². The van der Waals surface area contributed by atoms with E-state index in [-0.39, 0.29) is 5.76 Å². The van der Waals surface area contributed by atoms with Crippen LogP contribution in [-0.4, -0.2) is 31.6 Å². The lowest BCUT2D eigenvalue weighted by Gasteiger charge is -2.08. The lowest BCUT2D eigenvalue weighted by atomic mass is 10.1. The van der Waals surface area contributed by atoms with Gasteiger partial charge < -0.3 is 19.2 Å². The first kappa shape index (κ1) is 19.0. The summed E-state index contributed by atoms with van der Waals surface area (Å²) in [4.78, 5) is 35.8. The summed E-state index contributed by atoms with van der Waals surface area (Å²) in [5.41, 5.74) is 1.65. The molecule has 8 heteroatoms. The Balaban J connectivity index is 1.52. The number of hydrogen-bond donors (Lipinski definition) is 2. The smallest absolute Gasteiger partial charge is 0.375 e. The number of esters is 1. The molecule has 0 spiro atoms. The molecule has 0 aliphatic carbocycles. The first-order chi connectivity index (χ1) is 13.5. The number of ether oxygens (including phenoxy) is 2. The van der Waals surface area contributed by atoms with Gasteiger partial charge in [-0.3, -0.25) is 10.1 Å². The van der Waals surface area contributed by atoms with Crippen LogP contribution >= 0.6 is 0 Å². The number of aryl methyl sites for hydroxylation is 1. The molecule has 2 N–H and O–H groups in total. The molecule has 8 nitrogen and oxygen atoms in total. The molecule has 1 heterocycles. The maximum Gasteiger partial charge on any atom is 0.375 e. The summed E-state index contributed by atoms with van der Waals surface area (Å²) in [6.45, 7) is 1.11. The number of rotatable bonds is 5. The van der Waals surface area contributed by atoms with Gasteiger partial charge >= 0.3 is 12.0 Å². The first-order valence-electron chi connectivity index (χ1n) is 8.38. The third-order valence-electron chi connectivity index (χ3n) is 3.96. The van der Waals surface area contributed by atoms with Gasteiger partial charge in [0.1, 0.15) is 11.3 Å². The van der Waals surface area contributed by atoms with Gasteiger partial charge in [-0.15, -0.1) is 0 Å². The van der Waals surface area contributed by atoms with Crippen LogP contribution in [0.4, 0.5) is 10.5 Å². The van der Waals surface area contributed by atoms with Gasteiger partial charge in [0.2, 0.25) is 5.76 Å². The van der Waals surface area contributed by atoms with Crippen molar-refractivity contribution in [2.45, 2.75) is 6.92 Å². The predicted octanol–water partition coefficient (Wildman–Crippen LogP) is 3.25. The maximum atomic E-state index is 12.2. The van der Waals surface area contributed by atoms with E-state index in [0.717, 1.165) is 5.39 Å². The minimum absolute atomic E-state index is 0.0247. The Hall–Kier alpha value is -3.81. The van der Waals surface area contributed by atoms with Crippen LogP contribution in [0.25, 0.3) is 11.0 Å². The number of urea groups is 1. The molecule has 3 rings (SSSR count). The first-order valence-corrected chi connectivity index (χ1v) is 8.38. The van der Waals surface area contributed by atoms with Gasteiger partial charge in [0, 0.05) is 16.6 Å². The summed E-state index contributed by atoms with van der Waals surface area (Å²) < 4.78 is 15.4. The van der Waals surface area contributed by atoms with Crippen molar-refractivity contribution < 1.29 is 28.3 Å². The van der Waals surface area contributed by atoms with E-state index in [4.69, 9.17) is 13.9 Å². The molecule has 3 amide bonds. The quantitative estimate of drug-likeness (QED) is 0.656. The zero-order valence-electron chi connectivity index (χ0n) is 15.3. The number of fused-ring (bicyclic) bond motifs is 1. The average molecular weight is 382 g/mol. The lowest BCUT2D eigenvalue weighted by molar-refractivity contribution is -0.123. The van der Waals surface area contributed by atoms with E-state index in [0.29, 0.717) is 22.6 Å². The lowest BCUT2D eigenvalue weighted by Crippen LogP contribution is -2.37. The number of carbonyl (C=O) groups is 3. The van der Waals surface area contributed by atoms with Crippen LogP contribution < -0.4 is 15.4 Å². The average Bonchev–Trinajstić information content (AvgIpc) is 3.03. The van der Waals surface area contributed by atoms with Crippen LogP contribution in [0.1, 0.15) is 16.1 Å². The number of anilines is 1. The van der Waals surface area contributed by atoms with Gasteiger partial charge in [-0.2, -0.15) is 0 Å². The zero-order chi connectivity index (χ0) is 20.1. The van der Waals surface area contributed by atoms with Gasteiger partial charge in [-0.1, -0.05) is 18.2 Å². The van der Waals surface area contributed by atoms with Crippen molar-refractivity contribution in [1.29, 1.82) is 0 Å². The second-order valence-corrected chi connectivity index (χ2v) is 5.86. The van der Waals surface area contributed by atoms with Crippen LogP contribution in [0.3, 0.4) is 0 Å². The third-order valence-corrected chi connectivity index (χ3v) is 3.96. The largest absolute Gasteiger partial charge is 0.497 e. The van der Waals surface area contributed by atoms with Gasteiger partial charge in [0.05, 0.1) is 7.11 Å². The van der Waals surface area contributed by atoms with E-state index in [1.807, 2.05) is 12.1 Å². The molecular weight excluding hydrogens is 364 g/mol. The van der Waals surface area contributed by atoms with E-state index in [1.165, 1.54) is 7.11 Å². The second-order valence-electron chi connectivity index (χ2n) is 5.86. The highest BCUT2D eigenvalue weighted by Gasteiger charge is 2.20. The fraction of sp³-hybridized carbons (Fsp3) is 0.150. The van der Waals surface area contributed by atoms with Crippen molar-refractivity contribution in [3.63, 3.8) is 0 Å². The summed E-state index contributed by atoms with van der Waals surface area (Å²) in [6, 6.07) is 13.0. The van der Waals surface area contributed by atoms with Gasteiger partial charge in [0.15, 0.2) is 6.61 Å². The van der Waals surface area contributed by atoms with Crippen molar-refractivity contribution >= 4 is 34.6 Å². The fourth-order valence-corrected chi connectivity index (χ4v) is 2.57. The summed E-state index contributed by atoms with van der Waals surface area (Å²) in [5, 5.41) is 5.35. The normalized spacial score (nSPS) is 10.4. The summed E-state index contributed by atoms with van der Waals surface area (Å²) in [7, 11) is 1.53. The molecule has 0 aliphatic rings. The minimum Gasteiger partial charge on any atom is -0.497 e. The van der Waals surface area contributed by atoms with Gasteiger partial charge in [-0.05, 0) is 37.3 Å². The molecule has 0 unspecified atom stereocenters. The standard InChI is InChI=1S/C20H18N2O6/c1-12-15-5-3-4-6-16(15)28-18(12)19(24)27-11-17(23)22-20(25)21-13-7-9-14(26-2)10-8-13/h3-10H,11H2,1-2H3,(H2,21,22,23,25). The molecule has 0 saturated carbocycles. The van der Waals surface area contributed by atoms with Crippen LogP contribution in [0.2, 0.25) is 0 Å². The van der Waals surface area contributed by atoms with E-state index in [9.17, 15) is 14.4 Å². The van der Waals surface area contributed by atoms with Crippen LogP contribution in [-0.2, 0) is 9.53 Å². The summed E-state index contributed by atoms with van der Waals surface area (Å²) in [6.07, 6.45) is 0. The number of benzene rings is 2. The molecule has 0 bridgehead atoms. The highest BCUT2D eigenvalue weighted by molar-refractivity contribution is 6.02. The minimum atomic E-state index is -0.778. The van der Waals surface area contributed by atoms with Gasteiger partial charge in [0.25, 0.3) is 5.91 Å². The molecule has 28 heavy (non-hydrogen) atoms. The van der Waals surface area contributed by atoms with Crippen molar-refractivity contribution in [2.75, 3.05) is 19.0 Å². The van der Waals surface area contributed by atoms with Crippen molar-refractivity contribution in [3.8, 4) is 5.75 Å². The van der Waals surface area contributed by atoms with Gasteiger partial charge in [-0.25, -0.2) is 9.59 Å². The predicted molar refractivity (Wildman–Crippen MR) is 101 cm³/mol. The topological polar surface area (TPSA) is 107 Å². The van der Waals surface area contributed by atoms with E-state index < -0.39 is 24.5 Å². The Morgan fingerprint density at radius 1 is 1.04 bits per heavy atom. The number of para-hydroxylation sites is 1. The SMILES string of the molecule is COc1ccc(NC(=O)NC(=O)COC(=O)c2oc3ccccc3c2C)cc1. The highest BCUT2D eigenvalue weighted by Crippen LogP contribution is 2.25. The molecular formula is C20H18N2O6. The molecule has 0 atom stereocenters. The fourth-order valence-electron chi connectivity index (χ4n) is 2.57. The van der Waals surface area contributed by atoms with E-state index in [1.54, 1.807) is 43.3 Å². The summed E-state index contributed by atoms with van der Waals surface area (Å²) >= 11 is 0. The number of methoxy groups -OCH3 is 1. The number of furan rings is 1. The van der Waals surface area contributed by atoms with E-state index in [2.05, 4.69) is 10.6 Å². The number of hydrogen-bond acceptors (Lipinski definition) is 6. The van der Waals surface area contributed by atoms with Crippen molar-refractivity contribution in [1.82, 2.24) is 5.32 Å². The molecule has 144 valence electrons. The van der Waals surface area contributed by atoms with Crippen LogP contribution in [0, 0.1) is 6.92 Å². The Morgan fingerprint density at radius 2 is 1.75 bits per heavy atom. The summed E-state index contributed by atoms with van der Waals surface area (Å²) in [5.74, 6) is -0.890. The molecule has 0 radical (unpaired) electrons. The second kappa shape index (κ2) is 8.26. The molecule has 0 fully saturated rings. The van der Waals surface area contributed by atoms with Crippen molar-refractivity contribution in [3.05, 3.63) is 59.9 Å². The molecule has 3 aromatic rings. The van der Waals surface area contributed by atoms with Crippen molar-refractivity contribution in [2.24, 2.45) is 0 Å². The monoisotopic (exact) mass is 382 g/mol. The number of carbonyl (C=O) groups excluding carboxylic acids is 3. The molecule has 1 aromatic heterocycles.